The van der Waals surface area contributed by atoms with E-state index in [4.69, 9.17) is 0 Å². The van der Waals surface area contributed by atoms with E-state index in [2.05, 4.69) is 39.0 Å². The predicted molar refractivity (Wildman–Crippen MR) is 87.8 cm³/mol. The van der Waals surface area contributed by atoms with Crippen LogP contribution in [0.1, 0.15) is 55.2 Å². The summed E-state index contributed by atoms with van der Waals surface area (Å²) in [5.41, 5.74) is 2.59. The number of benzene rings is 1. The molecule has 6 heteroatoms. The van der Waals surface area contributed by atoms with Crippen molar-refractivity contribution in [1.82, 2.24) is 25.4 Å². The van der Waals surface area contributed by atoms with Crippen molar-refractivity contribution in [3.05, 3.63) is 47.5 Å². The van der Waals surface area contributed by atoms with Crippen LogP contribution in [0.5, 0.6) is 0 Å². The number of aromatic nitrogens is 3. The van der Waals surface area contributed by atoms with Crippen molar-refractivity contribution in [1.29, 1.82) is 0 Å². The summed E-state index contributed by atoms with van der Waals surface area (Å²) in [6.45, 7) is 1.91. The molecule has 1 aliphatic rings. The molecule has 3 rings (SSSR count). The Balaban J connectivity index is 1.67. The molecule has 0 bridgehead atoms. The quantitative estimate of drug-likeness (QED) is 0.856. The van der Waals surface area contributed by atoms with E-state index in [0.29, 0.717) is 0 Å². The summed E-state index contributed by atoms with van der Waals surface area (Å²) >= 11 is 0. The highest BCUT2D eigenvalue weighted by atomic mass is 16.2. The number of nitrogens with one attached hydrogen (secondary N) is 2. The molecule has 2 aromatic rings. The third-order valence-electron chi connectivity index (χ3n) is 4.41. The fourth-order valence-corrected chi connectivity index (χ4v) is 3.22. The lowest BCUT2D eigenvalue weighted by Gasteiger charge is -2.21. The molecular formula is C17H23N5O. The molecule has 1 aromatic carbocycles. The third-order valence-corrected chi connectivity index (χ3v) is 4.41. The number of hydrogen-bond acceptors (Lipinski definition) is 3. The van der Waals surface area contributed by atoms with Crippen LogP contribution in [0.25, 0.3) is 0 Å². The first kappa shape index (κ1) is 15.5. The van der Waals surface area contributed by atoms with Gasteiger partial charge in [0.2, 0.25) is 0 Å². The number of hydrogen-bond donors (Lipinski definition) is 2. The van der Waals surface area contributed by atoms with Crippen molar-refractivity contribution in [3.8, 4) is 0 Å². The Labute approximate surface area is 136 Å². The molecule has 2 atom stereocenters. The molecule has 0 saturated heterocycles. The Morgan fingerprint density at radius 1 is 1.35 bits per heavy atom. The molecule has 2 N–H and O–H groups in total. The first-order valence-electron chi connectivity index (χ1n) is 8.14. The van der Waals surface area contributed by atoms with E-state index < -0.39 is 0 Å². The van der Waals surface area contributed by atoms with Gasteiger partial charge in [-0.05, 0) is 37.3 Å². The molecule has 0 saturated carbocycles. The van der Waals surface area contributed by atoms with Crippen LogP contribution in [0, 0.1) is 0 Å². The summed E-state index contributed by atoms with van der Waals surface area (Å²) in [6, 6.07) is 8.11. The zero-order valence-corrected chi connectivity index (χ0v) is 13.6. The lowest BCUT2D eigenvalue weighted by molar-refractivity contribution is 0.232. The zero-order valence-electron chi connectivity index (χ0n) is 13.6. The van der Waals surface area contributed by atoms with E-state index in [1.165, 1.54) is 17.5 Å². The average Bonchev–Trinajstić information content (AvgIpc) is 2.86. The molecule has 122 valence electrons. The Morgan fingerprint density at radius 3 is 2.96 bits per heavy atom. The fraction of sp³-hybridized carbons (Fsp3) is 0.471. The SMILES string of the molecule is C[C@H](NC(=O)N[C@H]1CCCCc2ccccc21)c1nncn1C. The molecule has 0 fully saturated rings. The van der Waals surface area contributed by atoms with E-state index in [1.54, 1.807) is 6.33 Å². The smallest absolute Gasteiger partial charge is 0.315 e. The van der Waals surface area contributed by atoms with Gasteiger partial charge < -0.3 is 15.2 Å². The molecule has 0 radical (unpaired) electrons. The molecule has 1 aliphatic carbocycles. The number of fused-ring (bicyclic) bond motifs is 1. The van der Waals surface area contributed by atoms with Gasteiger partial charge in [0.25, 0.3) is 0 Å². The summed E-state index contributed by atoms with van der Waals surface area (Å²) in [5.74, 6) is 0.737. The van der Waals surface area contributed by atoms with Crippen LogP contribution in [-0.2, 0) is 13.5 Å². The maximum absolute atomic E-state index is 12.4. The van der Waals surface area contributed by atoms with E-state index >= 15 is 0 Å². The fourth-order valence-electron chi connectivity index (χ4n) is 3.22. The number of carbonyl (C=O) groups excluding carboxylic acids is 1. The third kappa shape index (κ3) is 3.52. The standard InChI is InChI=1S/C17H23N5O/c1-12(16-21-18-11-22(16)2)19-17(23)20-15-10-6-4-8-13-7-3-5-9-14(13)15/h3,5,7,9,11-12,15H,4,6,8,10H2,1-2H3,(H2,19,20,23)/t12-,15-/m0/s1. The molecule has 2 amide bonds. The van der Waals surface area contributed by atoms with Crippen molar-refractivity contribution in [2.75, 3.05) is 0 Å². The van der Waals surface area contributed by atoms with Crippen LogP contribution >= 0.6 is 0 Å². The summed E-state index contributed by atoms with van der Waals surface area (Å²) in [5, 5.41) is 14.0. The number of nitrogens with zero attached hydrogens (tertiary/aromatic N) is 3. The van der Waals surface area contributed by atoms with Crippen molar-refractivity contribution in [2.24, 2.45) is 7.05 Å². The highest BCUT2D eigenvalue weighted by molar-refractivity contribution is 5.75. The highest BCUT2D eigenvalue weighted by Gasteiger charge is 2.21. The van der Waals surface area contributed by atoms with Gasteiger partial charge >= 0.3 is 6.03 Å². The Hall–Kier alpha value is -2.37. The average molecular weight is 313 g/mol. The topological polar surface area (TPSA) is 71.8 Å². The Bertz CT molecular complexity index is 681. The number of urea groups is 1. The minimum absolute atomic E-state index is 0.0698. The van der Waals surface area contributed by atoms with Gasteiger partial charge in [-0.1, -0.05) is 30.7 Å². The van der Waals surface area contributed by atoms with E-state index in [1.807, 2.05) is 24.6 Å². The largest absolute Gasteiger partial charge is 0.331 e. The second-order valence-electron chi connectivity index (χ2n) is 6.14. The molecule has 1 heterocycles. The van der Waals surface area contributed by atoms with Crippen LogP contribution in [0.15, 0.2) is 30.6 Å². The highest BCUT2D eigenvalue weighted by Crippen LogP contribution is 2.28. The predicted octanol–water partition coefficient (Wildman–Crippen LogP) is 2.64. The maximum atomic E-state index is 12.4. The monoisotopic (exact) mass is 313 g/mol. The molecule has 0 unspecified atom stereocenters. The first-order valence-corrected chi connectivity index (χ1v) is 8.14. The normalized spacial score (nSPS) is 18.6. The van der Waals surface area contributed by atoms with Gasteiger partial charge in [-0.25, -0.2) is 4.79 Å². The van der Waals surface area contributed by atoms with Gasteiger partial charge in [-0.15, -0.1) is 10.2 Å². The maximum Gasteiger partial charge on any atom is 0.315 e. The van der Waals surface area contributed by atoms with Gasteiger partial charge in [0, 0.05) is 7.05 Å². The van der Waals surface area contributed by atoms with Crippen molar-refractivity contribution < 1.29 is 4.79 Å². The number of rotatable bonds is 3. The lowest BCUT2D eigenvalue weighted by Crippen LogP contribution is -2.39. The van der Waals surface area contributed by atoms with Crippen LogP contribution in [0.4, 0.5) is 4.79 Å². The number of carbonyl (C=O) groups is 1. The number of aryl methyl sites for hydroxylation is 2. The molecule has 0 aliphatic heterocycles. The molecule has 0 spiro atoms. The second-order valence-corrected chi connectivity index (χ2v) is 6.14. The van der Waals surface area contributed by atoms with E-state index in [-0.39, 0.29) is 18.1 Å². The van der Waals surface area contributed by atoms with Crippen molar-refractivity contribution in [3.63, 3.8) is 0 Å². The van der Waals surface area contributed by atoms with Gasteiger partial charge in [-0.3, -0.25) is 0 Å². The van der Waals surface area contributed by atoms with Gasteiger partial charge in [0.15, 0.2) is 5.82 Å². The van der Waals surface area contributed by atoms with Crippen LogP contribution < -0.4 is 10.6 Å². The zero-order chi connectivity index (χ0) is 16.2. The second kappa shape index (κ2) is 6.81. The lowest BCUT2D eigenvalue weighted by atomic mass is 9.99. The number of amides is 2. The minimum atomic E-state index is -0.191. The van der Waals surface area contributed by atoms with Gasteiger partial charge in [0.05, 0.1) is 12.1 Å². The Morgan fingerprint density at radius 2 is 2.17 bits per heavy atom. The minimum Gasteiger partial charge on any atom is -0.331 e. The van der Waals surface area contributed by atoms with Crippen molar-refractivity contribution in [2.45, 2.75) is 44.7 Å². The van der Waals surface area contributed by atoms with Gasteiger partial charge in [0.1, 0.15) is 6.33 Å². The van der Waals surface area contributed by atoms with Gasteiger partial charge in [-0.2, -0.15) is 0 Å². The summed E-state index contributed by atoms with van der Waals surface area (Å²) in [6.07, 6.45) is 5.99. The van der Waals surface area contributed by atoms with Crippen LogP contribution in [0.3, 0.4) is 0 Å². The molecule has 6 nitrogen and oxygen atoms in total. The summed E-state index contributed by atoms with van der Waals surface area (Å²) < 4.78 is 1.81. The molecular weight excluding hydrogens is 290 g/mol. The first-order chi connectivity index (χ1) is 11.1. The molecule has 1 aromatic heterocycles. The van der Waals surface area contributed by atoms with E-state index in [0.717, 1.165) is 25.1 Å². The summed E-state index contributed by atoms with van der Waals surface area (Å²) in [4.78, 5) is 12.4. The van der Waals surface area contributed by atoms with Crippen LogP contribution in [0.2, 0.25) is 0 Å². The van der Waals surface area contributed by atoms with Crippen LogP contribution in [-0.4, -0.2) is 20.8 Å². The Kier molecular flexibility index (Phi) is 4.60. The van der Waals surface area contributed by atoms with Crippen molar-refractivity contribution >= 4 is 6.03 Å². The molecule has 23 heavy (non-hydrogen) atoms. The summed E-state index contributed by atoms with van der Waals surface area (Å²) in [7, 11) is 1.87. The van der Waals surface area contributed by atoms with E-state index in [9.17, 15) is 4.79 Å².